The molecule has 1 aliphatic carbocycles. The topological polar surface area (TPSA) is 326 Å². The van der Waals surface area contributed by atoms with Gasteiger partial charge in [-0.15, -0.1) is 11.3 Å². The lowest BCUT2D eigenvalue weighted by Gasteiger charge is -2.45. The molecule has 1 aromatic heterocycles. The molecule has 0 bridgehead atoms. The fourth-order valence-corrected chi connectivity index (χ4v) is 4.78. The standard InChI is InChI=1S/C16H18N6O10S2.3H2O/c17-14-18-7(6-33-14)9(20-32-16(1-2-16)13(25)26)11(23)19-10-8(5-21-3-4-31-15(21)27)22(12(10)24)34(28,29)30;;;/h6,8,10H,1-5H2,(H2,17,18)(H,19,23)(H,25,26)(H,28,29,30);3*1H2/b20-9-;;;/t8-,10+;;;/m1.../s1. The minimum atomic E-state index is -4.99. The summed E-state index contributed by atoms with van der Waals surface area (Å²) in [5.41, 5.74) is 3.44. The van der Waals surface area contributed by atoms with Crippen molar-refractivity contribution in [2.24, 2.45) is 5.16 Å². The number of thiazole rings is 1. The van der Waals surface area contributed by atoms with Gasteiger partial charge in [0.25, 0.3) is 11.8 Å². The summed E-state index contributed by atoms with van der Waals surface area (Å²) in [5, 5.41) is 16.6. The van der Waals surface area contributed by atoms with Crippen molar-refractivity contribution in [3.05, 3.63) is 11.1 Å². The molecule has 0 unspecified atom stereocenters. The van der Waals surface area contributed by atoms with Crippen LogP contribution in [0.15, 0.2) is 10.5 Å². The number of amides is 3. The predicted molar refractivity (Wildman–Crippen MR) is 122 cm³/mol. The number of aliphatic carboxylic acids is 1. The number of carboxylic acid groups (broad SMARTS) is 1. The van der Waals surface area contributed by atoms with Crippen LogP contribution in [0.25, 0.3) is 0 Å². The quantitative estimate of drug-likeness (QED) is 0.0941. The largest absolute Gasteiger partial charge is 0.478 e. The number of nitrogen functional groups attached to an aromatic ring is 1. The number of nitrogens with zero attached hydrogens (tertiary/aromatic N) is 4. The Balaban J connectivity index is 0.00000228. The van der Waals surface area contributed by atoms with E-state index in [0.717, 1.165) is 16.2 Å². The van der Waals surface area contributed by atoms with Crippen molar-refractivity contribution in [1.82, 2.24) is 19.5 Å². The molecule has 3 heterocycles. The number of carbonyl (C=O) groups excluding carboxylic acids is 3. The van der Waals surface area contributed by atoms with Crippen LogP contribution < -0.4 is 11.1 Å². The van der Waals surface area contributed by atoms with E-state index >= 15 is 0 Å². The molecule has 0 radical (unpaired) electrons. The molecule has 3 amide bonds. The first-order chi connectivity index (χ1) is 15.9. The lowest BCUT2D eigenvalue weighted by atomic mass is 9.97. The van der Waals surface area contributed by atoms with Crippen LogP contribution >= 0.6 is 11.3 Å². The van der Waals surface area contributed by atoms with Gasteiger partial charge in [0.2, 0.25) is 5.60 Å². The number of ether oxygens (including phenoxy) is 1. The number of oxime groups is 1. The Morgan fingerprint density at radius 1 is 1.32 bits per heavy atom. The summed E-state index contributed by atoms with van der Waals surface area (Å²) in [4.78, 5) is 58.6. The lowest BCUT2D eigenvalue weighted by molar-refractivity contribution is -0.153. The Morgan fingerprint density at radius 2 is 1.97 bits per heavy atom. The van der Waals surface area contributed by atoms with E-state index in [4.69, 9.17) is 15.3 Å². The molecule has 37 heavy (non-hydrogen) atoms. The first kappa shape index (κ1) is 31.4. The van der Waals surface area contributed by atoms with Crippen molar-refractivity contribution in [2.75, 3.05) is 25.4 Å². The van der Waals surface area contributed by atoms with Crippen LogP contribution in [0, 0.1) is 0 Å². The van der Waals surface area contributed by atoms with Gasteiger partial charge in [0, 0.05) is 24.8 Å². The average molecular weight is 573 g/mol. The number of carbonyl (C=O) groups is 4. The summed E-state index contributed by atoms with van der Waals surface area (Å²) in [7, 11) is -4.99. The monoisotopic (exact) mass is 572 g/mol. The van der Waals surface area contributed by atoms with E-state index in [-0.39, 0.29) is 64.1 Å². The second-order valence-corrected chi connectivity index (χ2v) is 9.77. The molecule has 208 valence electrons. The molecule has 4 rings (SSSR count). The van der Waals surface area contributed by atoms with Crippen molar-refractivity contribution in [3.8, 4) is 0 Å². The maximum atomic E-state index is 13.0. The van der Waals surface area contributed by atoms with Crippen molar-refractivity contribution in [3.63, 3.8) is 0 Å². The van der Waals surface area contributed by atoms with E-state index in [2.05, 4.69) is 15.5 Å². The van der Waals surface area contributed by atoms with Crippen molar-refractivity contribution in [2.45, 2.75) is 30.5 Å². The van der Waals surface area contributed by atoms with E-state index < -0.39 is 57.6 Å². The zero-order valence-corrected chi connectivity index (χ0v) is 20.2. The Hall–Kier alpha value is -3.63. The van der Waals surface area contributed by atoms with Gasteiger partial charge in [-0.05, 0) is 0 Å². The molecule has 2 saturated heterocycles. The maximum absolute atomic E-state index is 13.0. The summed E-state index contributed by atoms with van der Waals surface area (Å²) in [6.07, 6.45) is -0.423. The van der Waals surface area contributed by atoms with Gasteiger partial charge >= 0.3 is 22.4 Å². The van der Waals surface area contributed by atoms with E-state index in [1.165, 1.54) is 5.38 Å². The number of anilines is 1. The molecular weight excluding hydrogens is 548 g/mol. The highest BCUT2D eigenvalue weighted by molar-refractivity contribution is 7.84. The molecule has 1 aromatic rings. The SMILES string of the molecule is Nc1nc(/C(=N/OC2(C(=O)O)CC2)C(=O)N[C@@H]2C(=O)N(S(=O)(=O)O)[C@@H]2CN2CCOC2=O)cs1.O.O.O. The van der Waals surface area contributed by atoms with Crippen LogP contribution in [0.3, 0.4) is 0 Å². The van der Waals surface area contributed by atoms with Crippen molar-refractivity contribution in [1.29, 1.82) is 0 Å². The number of β-lactam (4-membered cyclic amide) rings is 1. The average Bonchev–Trinajstić information content (AvgIpc) is 3.26. The van der Waals surface area contributed by atoms with Crippen LogP contribution in [0.4, 0.5) is 9.93 Å². The molecule has 1 saturated carbocycles. The van der Waals surface area contributed by atoms with Gasteiger partial charge in [-0.3, -0.25) is 14.1 Å². The minimum Gasteiger partial charge on any atom is -0.478 e. The fourth-order valence-electron chi connectivity index (χ4n) is 3.36. The summed E-state index contributed by atoms with van der Waals surface area (Å²) >= 11 is 0.959. The predicted octanol–water partition coefficient (Wildman–Crippen LogP) is -4.46. The third-order valence-corrected chi connectivity index (χ3v) is 6.96. The minimum absolute atomic E-state index is 0. The van der Waals surface area contributed by atoms with E-state index in [0.29, 0.717) is 0 Å². The van der Waals surface area contributed by atoms with Gasteiger partial charge in [-0.1, -0.05) is 5.16 Å². The highest BCUT2D eigenvalue weighted by Gasteiger charge is 2.56. The molecule has 11 N–H and O–H groups in total. The maximum Gasteiger partial charge on any atom is 0.410 e. The Bertz CT molecular complexity index is 1200. The third-order valence-electron chi connectivity index (χ3n) is 5.34. The van der Waals surface area contributed by atoms with Crippen LogP contribution in [0.2, 0.25) is 0 Å². The zero-order valence-electron chi connectivity index (χ0n) is 18.6. The number of nitrogens with one attached hydrogen (secondary N) is 1. The normalized spacial score (nSPS) is 21.9. The Labute approximate surface area is 211 Å². The van der Waals surface area contributed by atoms with Gasteiger partial charge in [-0.25, -0.2) is 18.9 Å². The van der Waals surface area contributed by atoms with E-state index in [9.17, 15) is 37.3 Å². The summed E-state index contributed by atoms with van der Waals surface area (Å²) < 4.78 is 37.6. The van der Waals surface area contributed by atoms with Crippen LogP contribution in [0.5, 0.6) is 0 Å². The van der Waals surface area contributed by atoms with Gasteiger partial charge in [0.15, 0.2) is 10.8 Å². The van der Waals surface area contributed by atoms with Crippen molar-refractivity contribution >= 4 is 56.4 Å². The number of aromatic nitrogens is 1. The highest BCUT2D eigenvalue weighted by atomic mass is 32.2. The van der Waals surface area contributed by atoms with Gasteiger partial charge < -0.3 is 47.1 Å². The number of hydrogen-bond donors (Lipinski definition) is 4. The van der Waals surface area contributed by atoms with E-state index in [1.54, 1.807) is 0 Å². The molecule has 21 heteroatoms. The van der Waals surface area contributed by atoms with Gasteiger partial charge in [-0.2, -0.15) is 8.42 Å². The molecule has 3 aliphatic rings. The molecule has 3 fully saturated rings. The number of hydrogen-bond acceptors (Lipinski definition) is 12. The van der Waals surface area contributed by atoms with Crippen molar-refractivity contribution < 1.29 is 63.3 Å². The van der Waals surface area contributed by atoms with Crippen LogP contribution in [-0.4, -0.2) is 116 Å². The number of carboxylic acids is 1. The molecule has 2 aliphatic heterocycles. The first-order valence-electron chi connectivity index (χ1n) is 9.67. The molecule has 0 aromatic carbocycles. The zero-order chi connectivity index (χ0) is 24.8. The molecular formula is C16H24N6O13S2. The molecule has 19 nitrogen and oxygen atoms in total. The smallest absolute Gasteiger partial charge is 0.410 e. The van der Waals surface area contributed by atoms with Crippen LogP contribution in [-0.2, 0) is 34.3 Å². The summed E-state index contributed by atoms with van der Waals surface area (Å²) in [6.45, 7) is -0.198. The number of rotatable bonds is 9. The van der Waals surface area contributed by atoms with Gasteiger partial charge in [0.1, 0.15) is 18.3 Å². The fraction of sp³-hybridized carbons (Fsp3) is 0.500. The third kappa shape index (κ3) is 6.03. The van der Waals surface area contributed by atoms with E-state index in [1.807, 2.05) is 0 Å². The number of cyclic esters (lactones) is 1. The highest BCUT2D eigenvalue weighted by Crippen LogP contribution is 2.40. The Kier molecular flexibility index (Phi) is 9.49. The molecule has 0 spiro atoms. The first-order valence-corrected chi connectivity index (χ1v) is 11.9. The summed E-state index contributed by atoms with van der Waals surface area (Å²) in [5.74, 6) is -3.48. The molecule has 2 atom stereocenters. The lowest BCUT2D eigenvalue weighted by Crippen LogP contribution is -2.74. The van der Waals surface area contributed by atoms with Crippen LogP contribution in [0.1, 0.15) is 18.5 Å². The second-order valence-electron chi connectivity index (χ2n) is 7.59. The summed E-state index contributed by atoms with van der Waals surface area (Å²) in [6, 6.07) is -2.81. The number of nitrogens with two attached hydrogens (primary N) is 1. The Morgan fingerprint density at radius 3 is 2.43 bits per heavy atom. The second kappa shape index (κ2) is 11.2. The van der Waals surface area contributed by atoms with Gasteiger partial charge in [0.05, 0.1) is 12.6 Å².